The molecule has 4 aromatic rings. The zero-order chi connectivity index (χ0) is 20.4. The predicted octanol–water partition coefficient (Wildman–Crippen LogP) is 6.01. The van der Waals surface area contributed by atoms with Gasteiger partial charge < -0.3 is 0 Å². The maximum absolute atomic E-state index is 12.4. The van der Waals surface area contributed by atoms with Gasteiger partial charge in [-0.1, -0.05) is 47.2 Å². The third kappa shape index (κ3) is 4.08. The van der Waals surface area contributed by atoms with Gasteiger partial charge in [-0.25, -0.2) is 4.98 Å². The number of nitrogens with one attached hydrogen (secondary N) is 1. The van der Waals surface area contributed by atoms with Crippen molar-refractivity contribution < 1.29 is 9.72 Å². The van der Waals surface area contributed by atoms with Crippen molar-refractivity contribution in [1.82, 2.24) is 4.98 Å². The molecule has 4 rings (SSSR count). The third-order valence-electron chi connectivity index (χ3n) is 4.26. The minimum absolute atomic E-state index is 0.0205. The first-order valence-electron chi connectivity index (χ1n) is 8.69. The number of aromatic nitrogens is 1. The first-order chi connectivity index (χ1) is 14.0. The van der Waals surface area contributed by atoms with Gasteiger partial charge in [0.1, 0.15) is 0 Å². The average Bonchev–Trinajstić information content (AvgIpc) is 3.39. The number of nitrogens with zero attached hydrogens (tertiary/aromatic N) is 2. The molecule has 0 unspecified atom stereocenters. The number of nitro benzene ring substituents is 1. The summed E-state index contributed by atoms with van der Waals surface area (Å²) in [5.74, 6) is -0.209. The van der Waals surface area contributed by atoms with Crippen LogP contribution in [0.2, 0.25) is 0 Å². The van der Waals surface area contributed by atoms with E-state index in [1.807, 2.05) is 42.6 Å². The maximum Gasteiger partial charge on any atom is 0.269 e. The summed E-state index contributed by atoms with van der Waals surface area (Å²) in [6, 6.07) is 17.9. The van der Waals surface area contributed by atoms with E-state index in [1.165, 1.54) is 34.8 Å². The van der Waals surface area contributed by atoms with Crippen LogP contribution in [0.4, 0.5) is 10.8 Å². The molecule has 0 aliphatic heterocycles. The molecular weight excluding hydrogens is 406 g/mol. The van der Waals surface area contributed by atoms with Crippen LogP contribution in [-0.2, 0) is 0 Å². The van der Waals surface area contributed by atoms with Gasteiger partial charge in [0, 0.05) is 17.7 Å². The minimum atomic E-state index is -0.432. The molecule has 29 heavy (non-hydrogen) atoms. The molecule has 2 aromatic carbocycles. The van der Waals surface area contributed by atoms with Crippen molar-refractivity contribution in [2.45, 2.75) is 6.92 Å². The molecule has 0 bridgehead atoms. The highest BCUT2D eigenvalue weighted by Gasteiger charge is 2.18. The van der Waals surface area contributed by atoms with Gasteiger partial charge in [-0.3, -0.25) is 20.2 Å². The first-order valence-corrected chi connectivity index (χ1v) is 10.4. The molecule has 0 radical (unpaired) electrons. The molecule has 2 heterocycles. The quantitative estimate of drug-likeness (QED) is 0.316. The van der Waals surface area contributed by atoms with E-state index in [2.05, 4.69) is 10.3 Å². The smallest absolute Gasteiger partial charge is 0.269 e. The molecular formula is C21H15N3O3S2. The van der Waals surface area contributed by atoms with E-state index in [9.17, 15) is 14.9 Å². The summed E-state index contributed by atoms with van der Waals surface area (Å²) in [6.45, 7) is 2.01. The Bertz CT molecular complexity index is 1170. The van der Waals surface area contributed by atoms with Crippen molar-refractivity contribution in [1.29, 1.82) is 0 Å². The number of rotatable bonds is 5. The van der Waals surface area contributed by atoms with Crippen LogP contribution in [0.1, 0.15) is 15.2 Å². The van der Waals surface area contributed by atoms with E-state index in [0.717, 1.165) is 21.6 Å². The Hall–Kier alpha value is -3.36. The number of thiazole rings is 1. The van der Waals surface area contributed by atoms with Crippen LogP contribution in [0.3, 0.4) is 0 Å². The maximum atomic E-state index is 12.4. The van der Waals surface area contributed by atoms with Gasteiger partial charge in [0.2, 0.25) is 0 Å². The molecule has 0 saturated carbocycles. The highest BCUT2D eigenvalue weighted by Crippen LogP contribution is 2.39. The normalized spacial score (nSPS) is 10.7. The number of non-ortho nitro benzene ring substituents is 1. The molecule has 2 aromatic heterocycles. The van der Waals surface area contributed by atoms with E-state index in [1.54, 1.807) is 18.2 Å². The Kier molecular flexibility index (Phi) is 5.20. The second kappa shape index (κ2) is 7.94. The van der Waals surface area contributed by atoms with E-state index in [0.29, 0.717) is 15.7 Å². The third-order valence-corrected chi connectivity index (χ3v) is 6.15. The topological polar surface area (TPSA) is 85.1 Å². The van der Waals surface area contributed by atoms with Crippen molar-refractivity contribution in [3.05, 3.63) is 86.6 Å². The Balaban J connectivity index is 1.75. The lowest BCUT2D eigenvalue weighted by Gasteiger charge is -2.03. The fraction of sp³-hybridized carbons (Fsp3) is 0.0476. The molecule has 0 saturated heterocycles. The van der Waals surface area contributed by atoms with Gasteiger partial charge in [-0.15, -0.1) is 11.3 Å². The van der Waals surface area contributed by atoms with E-state index >= 15 is 0 Å². The number of hydrogen-bond acceptors (Lipinski definition) is 6. The van der Waals surface area contributed by atoms with Gasteiger partial charge in [0.15, 0.2) is 5.13 Å². The SMILES string of the molecule is Cc1ccc(-c2sc(NC(=O)c3cccs3)nc2-c2ccc([N+](=O)[O-])cc2)cc1. The first kappa shape index (κ1) is 19.0. The van der Waals surface area contributed by atoms with E-state index < -0.39 is 4.92 Å². The molecule has 1 amide bonds. The van der Waals surface area contributed by atoms with Crippen LogP contribution in [0.25, 0.3) is 21.7 Å². The van der Waals surface area contributed by atoms with E-state index in [-0.39, 0.29) is 11.6 Å². The average molecular weight is 422 g/mol. The molecule has 1 N–H and O–H groups in total. The number of thiophene rings is 1. The lowest BCUT2D eigenvalue weighted by Crippen LogP contribution is -2.09. The van der Waals surface area contributed by atoms with Gasteiger partial charge in [0.25, 0.3) is 11.6 Å². The zero-order valence-electron chi connectivity index (χ0n) is 15.3. The number of nitro groups is 1. The van der Waals surface area contributed by atoms with Crippen molar-refractivity contribution in [2.75, 3.05) is 5.32 Å². The van der Waals surface area contributed by atoms with Crippen molar-refractivity contribution >= 4 is 39.4 Å². The van der Waals surface area contributed by atoms with Crippen LogP contribution < -0.4 is 5.32 Å². The van der Waals surface area contributed by atoms with Crippen molar-refractivity contribution in [3.8, 4) is 21.7 Å². The van der Waals surface area contributed by atoms with Gasteiger partial charge in [-0.2, -0.15) is 0 Å². The molecule has 0 atom stereocenters. The van der Waals surface area contributed by atoms with E-state index in [4.69, 9.17) is 0 Å². The molecule has 0 fully saturated rings. The summed E-state index contributed by atoms with van der Waals surface area (Å²) in [5.41, 5.74) is 3.56. The Morgan fingerprint density at radius 2 is 1.72 bits per heavy atom. The fourth-order valence-corrected chi connectivity index (χ4v) is 4.38. The van der Waals surface area contributed by atoms with Crippen LogP contribution in [0.15, 0.2) is 66.0 Å². The number of carbonyl (C=O) groups is 1. The number of hydrogen-bond donors (Lipinski definition) is 1. The number of amides is 1. The van der Waals surface area contributed by atoms with Crippen molar-refractivity contribution in [2.24, 2.45) is 0 Å². The summed E-state index contributed by atoms with van der Waals surface area (Å²) >= 11 is 2.74. The predicted molar refractivity (Wildman–Crippen MR) is 117 cm³/mol. The number of aryl methyl sites for hydroxylation is 1. The highest BCUT2D eigenvalue weighted by atomic mass is 32.1. The summed E-state index contributed by atoms with van der Waals surface area (Å²) in [6.07, 6.45) is 0. The number of carbonyl (C=O) groups excluding carboxylic acids is 1. The van der Waals surface area contributed by atoms with Crippen molar-refractivity contribution in [3.63, 3.8) is 0 Å². The van der Waals surface area contributed by atoms with Crippen LogP contribution >= 0.6 is 22.7 Å². The number of benzene rings is 2. The summed E-state index contributed by atoms with van der Waals surface area (Å²) in [7, 11) is 0. The van der Waals surface area contributed by atoms with Gasteiger partial charge in [0.05, 0.1) is 20.4 Å². The van der Waals surface area contributed by atoms with Crippen LogP contribution in [-0.4, -0.2) is 15.8 Å². The Morgan fingerprint density at radius 3 is 2.34 bits per heavy atom. The zero-order valence-corrected chi connectivity index (χ0v) is 16.9. The van der Waals surface area contributed by atoms with Gasteiger partial charge >= 0.3 is 0 Å². The molecule has 8 heteroatoms. The molecule has 0 aliphatic carbocycles. The molecule has 6 nitrogen and oxygen atoms in total. The van der Waals surface area contributed by atoms with Crippen LogP contribution in [0, 0.1) is 17.0 Å². The second-order valence-corrected chi connectivity index (χ2v) is 8.24. The Morgan fingerprint density at radius 1 is 1.03 bits per heavy atom. The lowest BCUT2D eigenvalue weighted by molar-refractivity contribution is -0.384. The van der Waals surface area contributed by atoms with Crippen LogP contribution in [0.5, 0.6) is 0 Å². The lowest BCUT2D eigenvalue weighted by atomic mass is 10.1. The molecule has 144 valence electrons. The second-order valence-electron chi connectivity index (χ2n) is 6.30. The van der Waals surface area contributed by atoms with Gasteiger partial charge in [-0.05, 0) is 36.1 Å². The highest BCUT2D eigenvalue weighted by molar-refractivity contribution is 7.19. The standard InChI is InChI=1S/C21H15N3O3S2/c1-13-4-6-15(7-5-13)19-18(14-8-10-16(11-9-14)24(26)27)22-21(29-19)23-20(25)17-3-2-12-28-17/h2-12H,1H3,(H,22,23,25). The number of anilines is 1. The molecule has 0 aliphatic rings. The minimum Gasteiger partial charge on any atom is -0.297 e. The largest absolute Gasteiger partial charge is 0.297 e. The summed E-state index contributed by atoms with van der Waals surface area (Å²) in [4.78, 5) is 29.1. The Labute approximate surface area is 174 Å². The molecule has 0 spiro atoms. The summed E-state index contributed by atoms with van der Waals surface area (Å²) < 4.78 is 0. The fourth-order valence-electron chi connectivity index (χ4n) is 2.78. The summed E-state index contributed by atoms with van der Waals surface area (Å²) in [5, 5.41) is 16.1. The monoisotopic (exact) mass is 421 g/mol.